The Morgan fingerprint density at radius 3 is 2.44 bits per heavy atom. The van der Waals surface area contributed by atoms with Gasteiger partial charge in [-0.3, -0.25) is 4.68 Å². The Morgan fingerprint density at radius 2 is 1.81 bits per heavy atom. The molecule has 0 saturated heterocycles. The van der Waals surface area contributed by atoms with Gasteiger partial charge >= 0.3 is 0 Å². The molecule has 0 unspecified atom stereocenters. The quantitative estimate of drug-likeness (QED) is 0.554. The molecule has 4 rings (SSSR count). The van der Waals surface area contributed by atoms with E-state index in [1.807, 2.05) is 0 Å². The van der Waals surface area contributed by atoms with Crippen LogP contribution in [0.3, 0.4) is 0 Å². The fraction of sp³-hybridized carbons (Fsp3) is 0.458. The summed E-state index contributed by atoms with van der Waals surface area (Å²) in [6.07, 6.45) is 3.92. The van der Waals surface area contributed by atoms with Crippen LogP contribution in [0.2, 0.25) is 0 Å². The van der Waals surface area contributed by atoms with E-state index >= 15 is 0 Å². The van der Waals surface area contributed by atoms with E-state index in [0.29, 0.717) is 0 Å². The number of fused-ring (bicyclic) bond motifs is 1. The summed E-state index contributed by atoms with van der Waals surface area (Å²) >= 11 is 0. The van der Waals surface area contributed by atoms with Crippen molar-refractivity contribution >= 4 is 16.7 Å². The normalized spacial score (nSPS) is 14.1. The fourth-order valence-corrected chi connectivity index (χ4v) is 4.55. The van der Waals surface area contributed by atoms with Crippen LogP contribution in [-0.2, 0) is 7.05 Å². The number of rotatable bonds is 6. The molecule has 0 amide bonds. The molecule has 0 atom stereocenters. The lowest BCUT2D eigenvalue weighted by Gasteiger charge is -2.24. The summed E-state index contributed by atoms with van der Waals surface area (Å²) < 4.78 is 2.10. The molecule has 1 fully saturated rings. The molecule has 0 spiro atoms. The van der Waals surface area contributed by atoms with Gasteiger partial charge in [-0.05, 0) is 68.7 Å². The van der Waals surface area contributed by atoms with Gasteiger partial charge in [-0.1, -0.05) is 36.8 Å². The van der Waals surface area contributed by atoms with Crippen LogP contribution in [0, 0.1) is 26.7 Å². The third kappa shape index (κ3) is 3.36. The molecule has 3 aromatic rings. The molecule has 27 heavy (non-hydrogen) atoms. The number of aryl methyl sites for hydroxylation is 4. The molecule has 1 heterocycles. The maximum atomic E-state index is 5.00. The van der Waals surface area contributed by atoms with Crippen LogP contribution in [0.15, 0.2) is 30.3 Å². The minimum Gasteiger partial charge on any atom is -0.356 e. The van der Waals surface area contributed by atoms with Gasteiger partial charge in [0, 0.05) is 31.1 Å². The molecule has 3 heteroatoms. The molecule has 142 valence electrons. The van der Waals surface area contributed by atoms with Gasteiger partial charge in [-0.25, -0.2) is 0 Å². The summed E-state index contributed by atoms with van der Waals surface area (Å²) in [7, 11) is 2.10. The highest BCUT2D eigenvalue weighted by Gasteiger charge is 2.27. The number of aromatic nitrogens is 2. The zero-order valence-corrected chi connectivity index (χ0v) is 17.3. The number of anilines is 1. The SMILES string of the molecule is CCCN(CC1CC1)c1c2cccc(-c3c(C)cc(C)cc3C)c2nn1C. The summed E-state index contributed by atoms with van der Waals surface area (Å²) in [6.45, 7) is 11.1. The molecule has 2 aromatic carbocycles. The van der Waals surface area contributed by atoms with Gasteiger partial charge in [-0.2, -0.15) is 5.10 Å². The zero-order valence-electron chi connectivity index (χ0n) is 17.3. The topological polar surface area (TPSA) is 21.1 Å². The summed E-state index contributed by atoms with van der Waals surface area (Å²) in [4.78, 5) is 2.56. The van der Waals surface area contributed by atoms with Gasteiger partial charge in [0.2, 0.25) is 0 Å². The van der Waals surface area contributed by atoms with E-state index in [2.05, 4.69) is 74.7 Å². The number of hydrogen-bond donors (Lipinski definition) is 0. The van der Waals surface area contributed by atoms with Gasteiger partial charge in [0.15, 0.2) is 0 Å². The molecule has 1 aromatic heterocycles. The Kier molecular flexibility index (Phi) is 4.71. The predicted molar refractivity (Wildman–Crippen MR) is 116 cm³/mol. The first-order chi connectivity index (χ1) is 13.0. The smallest absolute Gasteiger partial charge is 0.134 e. The Labute approximate surface area is 163 Å². The Morgan fingerprint density at radius 1 is 1.11 bits per heavy atom. The maximum absolute atomic E-state index is 5.00. The monoisotopic (exact) mass is 361 g/mol. The molecule has 3 nitrogen and oxygen atoms in total. The van der Waals surface area contributed by atoms with Crippen LogP contribution in [-0.4, -0.2) is 22.9 Å². The molecule has 0 radical (unpaired) electrons. The van der Waals surface area contributed by atoms with Crippen molar-refractivity contribution in [2.24, 2.45) is 13.0 Å². The molecule has 0 bridgehead atoms. The second-order valence-corrected chi connectivity index (χ2v) is 8.31. The third-order valence-electron chi connectivity index (χ3n) is 5.75. The van der Waals surface area contributed by atoms with Crippen molar-refractivity contribution in [3.8, 4) is 11.1 Å². The summed E-state index contributed by atoms with van der Waals surface area (Å²) in [5.41, 5.74) is 7.70. The van der Waals surface area contributed by atoms with E-state index in [-0.39, 0.29) is 0 Å². The maximum Gasteiger partial charge on any atom is 0.134 e. The van der Waals surface area contributed by atoms with Crippen molar-refractivity contribution in [2.75, 3.05) is 18.0 Å². The molecule has 1 aliphatic carbocycles. The Hall–Kier alpha value is -2.29. The van der Waals surface area contributed by atoms with E-state index in [0.717, 1.165) is 30.9 Å². The van der Waals surface area contributed by atoms with Crippen LogP contribution in [0.4, 0.5) is 5.82 Å². The standard InChI is InChI=1S/C24H31N3/c1-6-12-27(15-19-10-11-19)24-21-9-7-8-20(23(21)25-26(24)5)22-17(3)13-16(2)14-18(22)4/h7-9,13-14,19H,6,10-12,15H2,1-5H3. The van der Waals surface area contributed by atoms with Crippen LogP contribution in [0.5, 0.6) is 0 Å². The zero-order chi connectivity index (χ0) is 19.1. The number of nitrogens with zero attached hydrogens (tertiary/aromatic N) is 3. The molecule has 1 saturated carbocycles. The average Bonchev–Trinajstić information content (AvgIpc) is 3.34. The van der Waals surface area contributed by atoms with Crippen LogP contribution >= 0.6 is 0 Å². The summed E-state index contributed by atoms with van der Waals surface area (Å²) in [5, 5.41) is 6.28. The largest absolute Gasteiger partial charge is 0.356 e. The number of hydrogen-bond acceptors (Lipinski definition) is 2. The van der Waals surface area contributed by atoms with Crippen LogP contribution in [0.1, 0.15) is 42.9 Å². The fourth-order valence-electron chi connectivity index (χ4n) is 4.55. The Bertz CT molecular complexity index is 956. The Balaban J connectivity index is 1.88. The van der Waals surface area contributed by atoms with Crippen LogP contribution in [0.25, 0.3) is 22.0 Å². The third-order valence-corrected chi connectivity index (χ3v) is 5.75. The van der Waals surface area contributed by atoms with Crippen molar-refractivity contribution in [1.82, 2.24) is 9.78 Å². The van der Waals surface area contributed by atoms with Crippen molar-refractivity contribution in [3.05, 3.63) is 47.0 Å². The molecule has 0 N–H and O–H groups in total. The highest BCUT2D eigenvalue weighted by atomic mass is 15.4. The van der Waals surface area contributed by atoms with E-state index in [4.69, 9.17) is 5.10 Å². The lowest BCUT2D eigenvalue weighted by Crippen LogP contribution is -2.28. The van der Waals surface area contributed by atoms with E-state index in [9.17, 15) is 0 Å². The first-order valence-electron chi connectivity index (χ1n) is 10.3. The highest BCUT2D eigenvalue weighted by Crippen LogP contribution is 2.38. The van der Waals surface area contributed by atoms with Crippen molar-refractivity contribution in [2.45, 2.75) is 47.0 Å². The van der Waals surface area contributed by atoms with Crippen molar-refractivity contribution in [1.29, 1.82) is 0 Å². The van der Waals surface area contributed by atoms with E-state index in [1.165, 1.54) is 51.9 Å². The summed E-state index contributed by atoms with van der Waals surface area (Å²) in [5.74, 6) is 2.15. The first-order valence-corrected chi connectivity index (χ1v) is 10.3. The average molecular weight is 362 g/mol. The minimum absolute atomic E-state index is 0.867. The van der Waals surface area contributed by atoms with E-state index < -0.39 is 0 Å². The first kappa shape index (κ1) is 18.1. The van der Waals surface area contributed by atoms with E-state index in [1.54, 1.807) is 0 Å². The van der Waals surface area contributed by atoms with Gasteiger partial charge in [0.05, 0.1) is 0 Å². The second-order valence-electron chi connectivity index (χ2n) is 8.31. The minimum atomic E-state index is 0.867. The molecule has 1 aliphatic rings. The van der Waals surface area contributed by atoms with Crippen molar-refractivity contribution < 1.29 is 0 Å². The molecular formula is C24H31N3. The summed E-state index contributed by atoms with van der Waals surface area (Å²) in [6, 6.07) is 11.2. The lowest BCUT2D eigenvalue weighted by molar-refractivity contribution is 0.663. The predicted octanol–water partition coefficient (Wildman–Crippen LogP) is 5.79. The van der Waals surface area contributed by atoms with Crippen molar-refractivity contribution in [3.63, 3.8) is 0 Å². The lowest BCUT2D eigenvalue weighted by atomic mass is 9.92. The molecule has 0 aliphatic heterocycles. The van der Waals surface area contributed by atoms with Gasteiger partial charge in [-0.15, -0.1) is 0 Å². The van der Waals surface area contributed by atoms with Gasteiger partial charge < -0.3 is 4.90 Å². The number of benzene rings is 2. The van der Waals surface area contributed by atoms with Gasteiger partial charge in [0.25, 0.3) is 0 Å². The highest BCUT2D eigenvalue weighted by molar-refractivity contribution is 6.01. The van der Waals surface area contributed by atoms with Crippen LogP contribution < -0.4 is 4.90 Å². The second kappa shape index (κ2) is 7.03. The van der Waals surface area contributed by atoms with Gasteiger partial charge in [0.1, 0.15) is 11.3 Å². The molecular weight excluding hydrogens is 330 g/mol.